The van der Waals surface area contributed by atoms with Crippen molar-refractivity contribution >= 4 is 28.6 Å². The van der Waals surface area contributed by atoms with Crippen molar-refractivity contribution in [2.24, 2.45) is 0 Å². The second-order valence-corrected chi connectivity index (χ2v) is 8.30. The van der Waals surface area contributed by atoms with Crippen molar-refractivity contribution in [2.75, 3.05) is 36.4 Å². The third-order valence-corrected chi connectivity index (χ3v) is 6.40. The lowest BCUT2D eigenvalue weighted by Gasteiger charge is -2.28. The molecule has 3 heterocycles. The SMILES string of the molecule is O=C(CN1CCc2sccc2C1)Nc1ccccc1N1CCCCCC1. The lowest BCUT2D eigenvalue weighted by atomic mass is 10.1. The average molecular weight is 370 g/mol. The van der Waals surface area contributed by atoms with E-state index < -0.39 is 0 Å². The molecule has 1 aromatic heterocycles. The van der Waals surface area contributed by atoms with E-state index in [0.29, 0.717) is 6.54 Å². The van der Waals surface area contributed by atoms with Crippen molar-refractivity contribution in [1.82, 2.24) is 4.90 Å². The molecule has 2 aromatic rings. The van der Waals surface area contributed by atoms with Crippen LogP contribution in [0.5, 0.6) is 0 Å². The second-order valence-electron chi connectivity index (χ2n) is 7.30. The fourth-order valence-electron chi connectivity index (χ4n) is 4.00. The molecule has 0 atom stereocenters. The minimum Gasteiger partial charge on any atom is -0.370 e. The Morgan fingerprint density at radius 2 is 1.85 bits per heavy atom. The minimum atomic E-state index is 0.0888. The van der Waals surface area contributed by atoms with E-state index in [0.717, 1.165) is 38.3 Å². The molecule has 1 aromatic carbocycles. The average Bonchev–Trinajstić information content (AvgIpc) is 2.94. The molecule has 0 bridgehead atoms. The van der Waals surface area contributed by atoms with Gasteiger partial charge in [-0.2, -0.15) is 0 Å². The molecule has 0 unspecified atom stereocenters. The zero-order chi connectivity index (χ0) is 17.8. The number of amides is 1. The van der Waals surface area contributed by atoms with Crippen LogP contribution in [0, 0.1) is 0 Å². The molecule has 0 saturated carbocycles. The molecule has 26 heavy (non-hydrogen) atoms. The molecular formula is C21H27N3OS. The Bertz CT molecular complexity index is 749. The number of para-hydroxylation sites is 2. The summed E-state index contributed by atoms with van der Waals surface area (Å²) < 4.78 is 0. The van der Waals surface area contributed by atoms with Crippen LogP contribution in [0.1, 0.15) is 36.1 Å². The number of fused-ring (bicyclic) bond motifs is 1. The third-order valence-electron chi connectivity index (χ3n) is 5.38. The van der Waals surface area contributed by atoms with Gasteiger partial charge in [-0.3, -0.25) is 9.69 Å². The van der Waals surface area contributed by atoms with Crippen molar-refractivity contribution in [3.8, 4) is 0 Å². The van der Waals surface area contributed by atoms with E-state index in [4.69, 9.17) is 0 Å². The molecule has 0 aliphatic carbocycles. The lowest BCUT2D eigenvalue weighted by Crippen LogP contribution is -2.37. The molecule has 1 fully saturated rings. The minimum absolute atomic E-state index is 0.0888. The zero-order valence-electron chi connectivity index (χ0n) is 15.2. The van der Waals surface area contributed by atoms with E-state index in [1.165, 1.54) is 41.8 Å². The predicted octanol–water partition coefficient (Wildman–Crippen LogP) is 4.13. The molecule has 2 aliphatic heterocycles. The van der Waals surface area contributed by atoms with E-state index in [1.807, 2.05) is 23.5 Å². The number of benzene rings is 1. The first kappa shape index (κ1) is 17.6. The van der Waals surface area contributed by atoms with Gasteiger partial charge in [-0.25, -0.2) is 0 Å². The molecule has 0 radical (unpaired) electrons. The van der Waals surface area contributed by atoms with Gasteiger partial charge in [0.1, 0.15) is 0 Å². The fraction of sp³-hybridized carbons (Fsp3) is 0.476. The van der Waals surface area contributed by atoms with Gasteiger partial charge in [0.15, 0.2) is 0 Å². The summed E-state index contributed by atoms with van der Waals surface area (Å²) in [6.07, 6.45) is 6.15. The maximum absolute atomic E-state index is 12.7. The van der Waals surface area contributed by atoms with E-state index >= 15 is 0 Å². The quantitative estimate of drug-likeness (QED) is 0.880. The number of hydrogen-bond acceptors (Lipinski definition) is 4. The highest BCUT2D eigenvalue weighted by atomic mass is 32.1. The Morgan fingerprint density at radius 3 is 2.69 bits per heavy atom. The van der Waals surface area contributed by atoms with Gasteiger partial charge in [0.2, 0.25) is 5.91 Å². The van der Waals surface area contributed by atoms with Crippen LogP contribution in [0.4, 0.5) is 11.4 Å². The van der Waals surface area contributed by atoms with Crippen LogP contribution in [0.15, 0.2) is 35.7 Å². The van der Waals surface area contributed by atoms with E-state index in [2.05, 4.69) is 38.7 Å². The molecule has 0 spiro atoms. The van der Waals surface area contributed by atoms with Crippen molar-refractivity contribution in [2.45, 2.75) is 38.6 Å². The largest absolute Gasteiger partial charge is 0.370 e. The maximum atomic E-state index is 12.7. The number of carbonyl (C=O) groups excluding carboxylic acids is 1. The van der Waals surface area contributed by atoms with Crippen LogP contribution in [0.25, 0.3) is 0 Å². The van der Waals surface area contributed by atoms with Crippen LogP contribution < -0.4 is 10.2 Å². The van der Waals surface area contributed by atoms with Gasteiger partial charge in [0.25, 0.3) is 0 Å². The van der Waals surface area contributed by atoms with Gasteiger partial charge in [-0.1, -0.05) is 25.0 Å². The number of hydrogen-bond donors (Lipinski definition) is 1. The molecule has 4 rings (SSSR count). The number of thiophene rings is 1. The first-order valence-corrected chi connectivity index (χ1v) is 10.6. The molecule has 1 amide bonds. The summed E-state index contributed by atoms with van der Waals surface area (Å²) in [7, 11) is 0. The molecule has 1 saturated heterocycles. The highest BCUT2D eigenvalue weighted by Crippen LogP contribution is 2.28. The molecule has 4 nitrogen and oxygen atoms in total. The number of nitrogens with zero attached hydrogens (tertiary/aromatic N) is 2. The van der Waals surface area contributed by atoms with Crippen molar-refractivity contribution in [3.63, 3.8) is 0 Å². The van der Waals surface area contributed by atoms with Crippen LogP contribution in [0.2, 0.25) is 0 Å². The van der Waals surface area contributed by atoms with Gasteiger partial charge in [-0.05, 0) is 48.4 Å². The summed E-state index contributed by atoms with van der Waals surface area (Å²) in [5.41, 5.74) is 3.51. The Hall–Kier alpha value is -1.85. The third kappa shape index (κ3) is 4.10. The van der Waals surface area contributed by atoms with Crippen molar-refractivity contribution < 1.29 is 4.79 Å². The summed E-state index contributed by atoms with van der Waals surface area (Å²) in [5.74, 6) is 0.0888. The number of carbonyl (C=O) groups is 1. The first-order chi connectivity index (χ1) is 12.8. The van der Waals surface area contributed by atoms with Gasteiger partial charge in [0.05, 0.1) is 17.9 Å². The summed E-state index contributed by atoms with van der Waals surface area (Å²) in [4.78, 5) is 18.8. The van der Waals surface area contributed by atoms with E-state index in [-0.39, 0.29) is 5.91 Å². The summed E-state index contributed by atoms with van der Waals surface area (Å²) >= 11 is 1.84. The molecule has 2 aliphatic rings. The Morgan fingerprint density at radius 1 is 1.04 bits per heavy atom. The van der Waals surface area contributed by atoms with Crippen LogP contribution in [0.3, 0.4) is 0 Å². The van der Waals surface area contributed by atoms with Gasteiger partial charge in [-0.15, -0.1) is 11.3 Å². The smallest absolute Gasteiger partial charge is 0.238 e. The van der Waals surface area contributed by atoms with Gasteiger partial charge in [0, 0.05) is 31.1 Å². The normalized spacial score (nSPS) is 18.2. The van der Waals surface area contributed by atoms with Crippen molar-refractivity contribution in [1.29, 1.82) is 0 Å². The van der Waals surface area contributed by atoms with Crippen LogP contribution >= 0.6 is 11.3 Å². The number of nitrogens with one attached hydrogen (secondary N) is 1. The van der Waals surface area contributed by atoms with Gasteiger partial charge < -0.3 is 10.2 Å². The predicted molar refractivity (Wildman–Crippen MR) is 109 cm³/mol. The molecular weight excluding hydrogens is 342 g/mol. The molecule has 138 valence electrons. The van der Waals surface area contributed by atoms with Gasteiger partial charge >= 0.3 is 0 Å². The Balaban J connectivity index is 1.40. The maximum Gasteiger partial charge on any atom is 0.238 e. The Kier molecular flexibility index (Phi) is 5.56. The fourth-order valence-corrected chi connectivity index (χ4v) is 4.89. The first-order valence-electron chi connectivity index (χ1n) is 9.71. The topological polar surface area (TPSA) is 35.6 Å². The van der Waals surface area contributed by atoms with E-state index in [1.54, 1.807) is 0 Å². The lowest BCUT2D eigenvalue weighted by molar-refractivity contribution is -0.117. The van der Waals surface area contributed by atoms with Crippen LogP contribution in [-0.4, -0.2) is 37.0 Å². The van der Waals surface area contributed by atoms with Crippen LogP contribution in [-0.2, 0) is 17.8 Å². The van der Waals surface area contributed by atoms with E-state index in [9.17, 15) is 4.79 Å². The summed E-state index contributed by atoms with van der Waals surface area (Å²) in [5, 5.41) is 5.33. The molecule has 1 N–H and O–H groups in total. The number of anilines is 2. The highest BCUT2D eigenvalue weighted by Gasteiger charge is 2.20. The highest BCUT2D eigenvalue weighted by molar-refractivity contribution is 7.10. The zero-order valence-corrected chi connectivity index (χ0v) is 16.1. The molecule has 5 heteroatoms. The summed E-state index contributed by atoms with van der Waals surface area (Å²) in [6, 6.07) is 10.4. The van der Waals surface area contributed by atoms with Crippen molar-refractivity contribution in [3.05, 3.63) is 46.2 Å². The second kappa shape index (κ2) is 8.23. The Labute approximate surface area is 159 Å². The summed E-state index contributed by atoms with van der Waals surface area (Å²) in [6.45, 7) is 4.48. The number of rotatable bonds is 4. The standard InChI is InChI=1S/C21H27N3OS/c25-21(16-23-13-9-20-17(15-23)10-14-26-20)22-18-7-3-4-8-19(18)24-11-5-1-2-6-12-24/h3-4,7-8,10,14H,1-2,5-6,9,11-13,15-16H2,(H,22,25). The monoisotopic (exact) mass is 369 g/mol.